The predicted molar refractivity (Wildman–Crippen MR) is 73.8 cm³/mol. The molecule has 0 saturated heterocycles. The second kappa shape index (κ2) is 7.54. The van der Waals surface area contributed by atoms with Crippen LogP contribution >= 0.6 is 11.6 Å². The number of aliphatic hydroxyl groups is 1. The van der Waals surface area contributed by atoms with Crippen molar-refractivity contribution in [2.75, 3.05) is 31.6 Å². The lowest BCUT2D eigenvalue weighted by Crippen LogP contribution is -2.22. The summed E-state index contributed by atoms with van der Waals surface area (Å²) in [5.41, 5.74) is 2.36. The summed E-state index contributed by atoms with van der Waals surface area (Å²) < 4.78 is 0. The van der Waals surface area contributed by atoms with Gasteiger partial charge in [-0.05, 0) is 36.7 Å². The molecule has 0 saturated carbocycles. The molecule has 0 amide bonds. The summed E-state index contributed by atoms with van der Waals surface area (Å²) in [5.74, 6) is 0. The van der Waals surface area contributed by atoms with Gasteiger partial charge in [0.05, 0.1) is 0 Å². The fraction of sp³-hybridized carbons (Fsp3) is 0.538. The zero-order chi connectivity index (χ0) is 12.7. The first-order valence-corrected chi connectivity index (χ1v) is 6.38. The van der Waals surface area contributed by atoms with Gasteiger partial charge in [0.2, 0.25) is 0 Å². The summed E-state index contributed by atoms with van der Waals surface area (Å²) in [6.45, 7) is 4.90. The number of nitrogens with one attached hydrogen (secondary N) is 1. The number of nitrogens with zero attached hydrogens (tertiary/aromatic N) is 1. The molecule has 1 aromatic rings. The average molecular weight is 257 g/mol. The Kier molecular flexibility index (Phi) is 6.34. The highest BCUT2D eigenvalue weighted by Crippen LogP contribution is 2.23. The topological polar surface area (TPSA) is 35.5 Å². The van der Waals surface area contributed by atoms with Crippen LogP contribution in [0.4, 0.5) is 5.69 Å². The fourth-order valence-corrected chi connectivity index (χ4v) is 1.95. The Labute approximate surface area is 108 Å². The number of anilines is 1. The normalized spacial score (nSPS) is 10.6. The first-order valence-electron chi connectivity index (χ1n) is 6.00. The second-order valence-electron chi connectivity index (χ2n) is 4.05. The van der Waals surface area contributed by atoms with Gasteiger partial charge < -0.3 is 15.3 Å². The van der Waals surface area contributed by atoms with E-state index in [1.54, 1.807) is 0 Å². The van der Waals surface area contributed by atoms with Crippen LogP contribution in [0.1, 0.15) is 18.9 Å². The van der Waals surface area contributed by atoms with Crippen LogP contribution in [-0.4, -0.2) is 31.9 Å². The van der Waals surface area contributed by atoms with Crippen LogP contribution in [0.15, 0.2) is 18.2 Å². The molecule has 0 spiro atoms. The van der Waals surface area contributed by atoms with Crippen LogP contribution in [0.5, 0.6) is 0 Å². The number of hydrogen-bond acceptors (Lipinski definition) is 3. The maximum Gasteiger partial charge on any atom is 0.0447 e. The van der Waals surface area contributed by atoms with Crippen molar-refractivity contribution in [3.63, 3.8) is 0 Å². The van der Waals surface area contributed by atoms with Crippen molar-refractivity contribution in [1.29, 1.82) is 0 Å². The highest BCUT2D eigenvalue weighted by molar-refractivity contribution is 6.30. The molecule has 0 aliphatic carbocycles. The second-order valence-corrected chi connectivity index (χ2v) is 4.49. The number of aliphatic hydroxyl groups excluding tert-OH is 1. The van der Waals surface area contributed by atoms with Crippen LogP contribution < -0.4 is 10.2 Å². The Balaban J connectivity index is 2.80. The summed E-state index contributed by atoms with van der Waals surface area (Å²) in [6, 6.07) is 5.93. The van der Waals surface area contributed by atoms with Crippen molar-refractivity contribution < 1.29 is 5.11 Å². The molecule has 1 rings (SSSR count). The minimum Gasteiger partial charge on any atom is -0.396 e. The van der Waals surface area contributed by atoms with Crippen molar-refractivity contribution in [1.82, 2.24) is 5.32 Å². The third-order valence-electron chi connectivity index (χ3n) is 2.67. The molecule has 0 heterocycles. The lowest BCUT2D eigenvalue weighted by Gasteiger charge is -2.22. The Morgan fingerprint density at radius 3 is 2.82 bits per heavy atom. The minimum absolute atomic E-state index is 0.223. The van der Waals surface area contributed by atoms with Crippen LogP contribution in [0.25, 0.3) is 0 Å². The summed E-state index contributed by atoms with van der Waals surface area (Å²) in [6.07, 6.45) is 0.778. The minimum atomic E-state index is 0.223. The first kappa shape index (κ1) is 14.3. The van der Waals surface area contributed by atoms with E-state index in [4.69, 9.17) is 16.7 Å². The van der Waals surface area contributed by atoms with E-state index in [0.29, 0.717) is 0 Å². The molecular weight excluding hydrogens is 236 g/mol. The molecule has 3 nitrogen and oxygen atoms in total. The highest BCUT2D eigenvalue weighted by Gasteiger charge is 2.07. The third-order valence-corrected chi connectivity index (χ3v) is 2.90. The van der Waals surface area contributed by atoms with E-state index in [2.05, 4.69) is 17.1 Å². The summed E-state index contributed by atoms with van der Waals surface area (Å²) in [7, 11) is 2.04. The Morgan fingerprint density at radius 2 is 2.18 bits per heavy atom. The quantitative estimate of drug-likeness (QED) is 0.786. The maximum absolute atomic E-state index is 8.86. The largest absolute Gasteiger partial charge is 0.396 e. The van der Waals surface area contributed by atoms with E-state index in [1.807, 2.05) is 25.2 Å². The number of benzene rings is 1. The van der Waals surface area contributed by atoms with Crippen molar-refractivity contribution in [2.24, 2.45) is 0 Å². The van der Waals surface area contributed by atoms with Crippen molar-refractivity contribution in [3.05, 3.63) is 28.8 Å². The molecule has 17 heavy (non-hydrogen) atoms. The van der Waals surface area contributed by atoms with Gasteiger partial charge in [-0.15, -0.1) is 0 Å². The van der Waals surface area contributed by atoms with Gasteiger partial charge in [0, 0.05) is 37.5 Å². The first-order chi connectivity index (χ1) is 8.19. The summed E-state index contributed by atoms with van der Waals surface area (Å²) in [5, 5.41) is 12.9. The standard InChI is InChI=1S/C13H21ClN2O/c1-3-15-10-11-9-12(14)5-6-13(11)16(2)7-4-8-17/h5-6,9,15,17H,3-4,7-8,10H2,1-2H3. The Hall–Kier alpha value is -0.770. The van der Waals surface area contributed by atoms with E-state index in [0.717, 1.165) is 31.1 Å². The highest BCUT2D eigenvalue weighted by atomic mass is 35.5. The zero-order valence-electron chi connectivity index (χ0n) is 10.5. The molecule has 0 radical (unpaired) electrons. The van der Waals surface area contributed by atoms with E-state index < -0.39 is 0 Å². The number of halogens is 1. The maximum atomic E-state index is 8.86. The third kappa shape index (κ3) is 4.54. The molecule has 0 fully saturated rings. The van der Waals surface area contributed by atoms with Crippen molar-refractivity contribution in [2.45, 2.75) is 19.9 Å². The van der Waals surface area contributed by atoms with Crippen molar-refractivity contribution >= 4 is 17.3 Å². The summed E-state index contributed by atoms with van der Waals surface area (Å²) >= 11 is 6.02. The van der Waals surface area contributed by atoms with E-state index >= 15 is 0 Å². The fourth-order valence-electron chi connectivity index (χ4n) is 1.76. The van der Waals surface area contributed by atoms with Crippen LogP contribution in [0.2, 0.25) is 5.02 Å². The van der Waals surface area contributed by atoms with Gasteiger partial charge in [-0.3, -0.25) is 0 Å². The Morgan fingerprint density at radius 1 is 1.41 bits per heavy atom. The van der Waals surface area contributed by atoms with E-state index in [-0.39, 0.29) is 6.61 Å². The van der Waals surface area contributed by atoms with Crippen LogP contribution in [-0.2, 0) is 6.54 Å². The smallest absolute Gasteiger partial charge is 0.0447 e. The van der Waals surface area contributed by atoms with Gasteiger partial charge in [0.15, 0.2) is 0 Å². The van der Waals surface area contributed by atoms with E-state index in [9.17, 15) is 0 Å². The molecule has 4 heteroatoms. The molecule has 0 bridgehead atoms. The van der Waals surface area contributed by atoms with Gasteiger partial charge in [0.25, 0.3) is 0 Å². The lowest BCUT2D eigenvalue weighted by atomic mass is 10.1. The molecule has 2 N–H and O–H groups in total. The van der Waals surface area contributed by atoms with Gasteiger partial charge >= 0.3 is 0 Å². The SMILES string of the molecule is CCNCc1cc(Cl)ccc1N(C)CCCO. The van der Waals surface area contributed by atoms with Crippen LogP contribution in [0.3, 0.4) is 0 Å². The van der Waals surface area contributed by atoms with E-state index in [1.165, 1.54) is 11.3 Å². The number of rotatable bonds is 7. The zero-order valence-corrected chi connectivity index (χ0v) is 11.3. The average Bonchev–Trinajstić information content (AvgIpc) is 2.33. The van der Waals surface area contributed by atoms with Crippen LogP contribution in [0, 0.1) is 0 Å². The molecule has 0 unspecified atom stereocenters. The molecule has 0 atom stereocenters. The van der Waals surface area contributed by atoms with Gasteiger partial charge in [-0.25, -0.2) is 0 Å². The van der Waals surface area contributed by atoms with Gasteiger partial charge in [-0.2, -0.15) is 0 Å². The molecule has 1 aromatic carbocycles. The van der Waals surface area contributed by atoms with Gasteiger partial charge in [0.1, 0.15) is 0 Å². The molecule has 0 aliphatic rings. The number of hydrogen-bond donors (Lipinski definition) is 2. The Bertz CT molecular complexity index is 344. The summed E-state index contributed by atoms with van der Waals surface area (Å²) in [4.78, 5) is 2.15. The van der Waals surface area contributed by atoms with Crippen molar-refractivity contribution in [3.8, 4) is 0 Å². The van der Waals surface area contributed by atoms with Gasteiger partial charge in [-0.1, -0.05) is 18.5 Å². The molecule has 96 valence electrons. The molecular formula is C13H21ClN2O. The lowest BCUT2D eigenvalue weighted by molar-refractivity contribution is 0.290. The molecule has 0 aromatic heterocycles. The molecule has 0 aliphatic heterocycles. The monoisotopic (exact) mass is 256 g/mol. The predicted octanol–water partition coefficient (Wildman–Crippen LogP) is 2.27.